The molecular formula is C19H18ClNO6S3. The normalized spacial score (nSPS) is 12.7. The van der Waals surface area contributed by atoms with Gasteiger partial charge in [0.1, 0.15) is 5.00 Å². The van der Waals surface area contributed by atoms with E-state index in [1.54, 1.807) is 32.0 Å². The molecule has 0 aliphatic heterocycles. The Morgan fingerprint density at radius 1 is 1.27 bits per heavy atom. The summed E-state index contributed by atoms with van der Waals surface area (Å²) in [6.07, 6.45) is 0.969. The molecule has 1 N–H and O–H groups in total. The molecule has 0 saturated carbocycles. The minimum atomic E-state index is -3.85. The number of hydrogen-bond donors (Lipinski definition) is 1. The molecule has 0 aliphatic carbocycles. The molecule has 2 aromatic carbocycles. The first-order chi connectivity index (χ1) is 14.0. The third-order valence-corrected chi connectivity index (χ3v) is 7.73. The summed E-state index contributed by atoms with van der Waals surface area (Å²) < 4.78 is 54.1. The third-order valence-electron chi connectivity index (χ3n) is 4.30. The summed E-state index contributed by atoms with van der Waals surface area (Å²) >= 11 is 4.72. The van der Waals surface area contributed by atoms with Gasteiger partial charge in [0.15, 0.2) is 9.84 Å². The van der Waals surface area contributed by atoms with Crippen molar-refractivity contribution in [2.24, 2.45) is 0 Å². The zero-order chi connectivity index (χ0) is 22.2. The molecule has 30 heavy (non-hydrogen) atoms. The highest BCUT2D eigenvalue weighted by Gasteiger charge is 2.28. The molecule has 0 saturated heterocycles. The lowest BCUT2D eigenvalue weighted by Gasteiger charge is -2.22. The highest BCUT2D eigenvalue weighted by Crippen LogP contribution is 2.43. The van der Waals surface area contributed by atoms with Crippen LogP contribution in [0.2, 0.25) is 5.02 Å². The number of hydrogen-bond acceptors (Lipinski definition) is 6. The van der Waals surface area contributed by atoms with Crippen LogP contribution >= 0.6 is 22.9 Å². The Bertz CT molecular complexity index is 1270. The first-order valence-electron chi connectivity index (χ1n) is 8.65. The van der Waals surface area contributed by atoms with Crippen molar-refractivity contribution in [3.8, 4) is 0 Å². The lowest BCUT2D eigenvalue weighted by molar-refractivity contribution is 0.0526. The van der Waals surface area contributed by atoms with E-state index in [1.807, 2.05) is 0 Å². The quantitative estimate of drug-likeness (QED) is 0.399. The van der Waals surface area contributed by atoms with Crippen LogP contribution in [0.25, 0.3) is 10.1 Å². The van der Waals surface area contributed by atoms with Gasteiger partial charge in [0.05, 0.1) is 22.8 Å². The van der Waals surface area contributed by atoms with Crippen molar-refractivity contribution < 1.29 is 26.7 Å². The minimum absolute atomic E-state index is 0.0212. The van der Waals surface area contributed by atoms with E-state index in [-0.39, 0.29) is 22.8 Å². The van der Waals surface area contributed by atoms with E-state index in [0.717, 1.165) is 26.7 Å². The molecular weight excluding hydrogens is 470 g/mol. The van der Waals surface area contributed by atoms with Gasteiger partial charge >= 0.3 is 5.97 Å². The monoisotopic (exact) mass is 487 g/mol. The van der Waals surface area contributed by atoms with Gasteiger partial charge in [-0.25, -0.2) is 21.7 Å². The topological polar surface area (TPSA) is 101 Å². The molecule has 3 rings (SSSR count). The van der Waals surface area contributed by atoms with Gasteiger partial charge in [-0.1, -0.05) is 11.6 Å². The molecule has 0 radical (unpaired) electrons. The van der Waals surface area contributed by atoms with Gasteiger partial charge in [-0.2, -0.15) is 0 Å². The number of rotatable bonds is 6. The second kappa shape index (κ2) is 8.64. The number of fused-ring (bicyclic) bond motifs is 1. The van der Waals surface area contributed by atoms with Crippen molar-refractivity contribution >= 4 is 70.8 Å². The molecule has 1 aromatic heterocycles. The molecule has 7 nitrogen and oxygen atoms in total. The van der Waals surface area contributed by atoms with E-state index in [4.69, 9.17) is 16.3 Å². The fourth-order valence-electron chi connectivity index (χ4n) is 2.96. The molecule has 0 bridgehead atoms. The largest absolute Gasteiger partial charge is 0.462 e. The molecule has 11 heteroatoms. The number of halogens is 1. The maximum atomic E-state index is 12.5. The van der Waals surface area contributed by atoms with E-state index in [2.05, 4.69) is 0 Å². The van der Waals surface area contributed by atoms with Crippen molar-refractivity contribution in [3.63, 3.8) is 0 Å². The van der Waals surface area contributed by atoms with Crippen LogP contribution in [0.4, 0.5) is 10.7 Å². The van der Waals surface area contributed by atoms with Crippen LogP contribution < -0.4 is 4.31 Å². The zero-order valence-electron chi connectivity index (χ0n) is 16.2. The van der Waals surface area contributed by atoms with E-state index in [1.165, 1.54) is 23.5 Å². The van der Waals surface area contributed by atoms with E-state index >= 15 is 0 Å². The number of carbonyl (C=O) groups is 1. The van der Waals surface area contributed by atoms with Crippen LogP contribution in [-0.4, -0.2) is 36.0 Å². The van der Waals surface area contributed by atoms with Crippen molar-refractivity contribution in [1.82, 2.24) is 0 Å². The van der Waals surface area contributed by atoms with Gasteiger partial charge in [0.25, 0.3) is 11.3 Å². The summed E-state index contributed by atoms with van der Waals surface area (Å²) in [4.78, 5) is 11.8. The summed E-state index contributed by atoms with van der Waals surface area (Å²) in [5.41, 5.74) is 0.686. The predicted octanol–water partition coefficient (Wildman–Crippen LogP) is 4.72. The highest BCUT2D eigenvalue weighted by molar-refractivity contribution is 7.91. The molecule has 1 atom stereocenters. The summed E-state index contributed by atoms with van der Waals surface area (Å²) in [6, 6.07) is 9.08. The molecule has 0 aliphatic rings. The number of nitrogens with zero attached hydrogens (tertiary/aromatic N) is 1. The molecule has 0 spiro atoms. The molecule has 1 unspecified atom stereocenters. The lowest BCUT2D eigenvalue weighted by Crippen LogP contribution is -2.22. The average Bonchev–Trinajstić information content (AvgIpc) is 2.97. The maximum Gasteiger partial charge on any atom is 0.338 e. The van der Waals surface area contributed by atoms with Crippen LogP contribution in [-0.2, 0) is 25.8 Å². The lowest BCUT2D eigenvalue weighted by atomic mass is 10.1. The van der Waals surface area contributed by atoms with Gasteiger partial charge in [0, 0.05) is 16.0 Å². The Morgan fingerprint density at radius 2 is 1.97 bits per heavy atom. The Morgan fingerprint density at radius 3 is 2.57 bits per heavy atom. The van der Waals surface area contributed by atoms with Gasteiger partial charge in [-0.3, -0.25) is 4.55 Å². The zero-order valence-corrected chi connectivity index (χ0v) is 19.4. The molecule has 1 heterocycles. The van der Waals surface area contributed by atoms with Crippen LogP contribution in [0, 0.1) is 6.92 Å². The van der Waals surface area contributed by atoms with Crippen LogP contribution in [0.1, 0.15) is 22.8 Å². The standard InChI is InChI=1S/C19H18ClNO6S3/c1-4-27-19(22)12-5-7-15(17(9-12)30(3,25)26)21(29(23)24)18-11(2)14-10-13(20)6-8-16(14)28-18/h5-10H,4H2,1-3H3,(H,23,24). The van der Waals surface area contributed by atoms with E-state index < -0.39 is 27.1 Å². The molecule has 0 amide bonds. The fraction of sp³-hybridized carbons (Fsp3) is 0.211. The smallest absolute Gasteiger partial charge is 0.338 e. The van der Waals surface area contributed by atoms with Crippen LogP contribution in [0.15, 0.2) is 41.3 Å². The Hall–Kier alpha value is -1.98. The third kappa shape index (κ3) is 4.37. The van der Waals surface area contributed by atoms with E-state index in [9.17, 15) is 22.0 Å². The Labute approximate surface area is 185 Å². The summed E-state index contributed by atoms with van der Waals surface area (Å²) in [6.45, 7) is 3.53. The summed E-state index contributed by atoms with van der Waals surface area (Å²) in [5.74, 6) is -0.682. The van der Waals surface area contributed by atoms with E-state index in [0.29, 0.717) is 15.6 Å². The first kappa shape index (κ1) is 22.7. The number of esters is 1. The number of anilines is 2. The van der Waals surface area contributed by atoms with Crippen molar-refractivity contribution in [2.75, 3.05) is 17.2 Å². The van der Waals surface area contributed by atoms with Gasteiger partial charge in [-0.15, -0.1) is 11.3 Å². The average molecular weight is 488 g/mol. The molecule has 0 fully saturated rings. The highest BCUT2D eigenvalue weighted by atomic mass is 35.5. The summed E-state index contributed by atoms with van der Waals surface area (Å²) in [5, 5.41) is 1.70. The molecule has 160 valence electrons. The van der Waals surface area contributed by atoms with Crippen molar-refractivity contribution in [3.05, 3.63) is 52.5 Å². The Balaban J connectivity index is 2.26. The van der Waals surface area contributed by atoms with Crippen LogP contribution in [0.3, 0.4) is 0 Å². The van der Waals surface area contributed by atoms with Crippen LogP contribution in [0.5, 0.6) is 0 Å². The van der Waals surface area contributed by atoms with Crippen molar-refractivity contribution in [2.45, 2.75) is 18.7 Å². The number of aryl methyl sites for hydroxylation is 1. The summed E-state index contributed by atoms with van der Waals surface area (Å²) in [7, 11) is -3.85. The number of ether oxygens (including phenoxy) is 1. The number of carbonyl (C=O) groups excluding carboxylic acids is 1. The van der Waals surface area contributed by atoms with Gasteiger partial charge in [-0.05, 0) is 61.2 Å². The number of thiophene rings is 1. The molecule has 3 aromatic rings. The maximum absolute atomic E-state index is 12.5. The SMILES string of the molecule is CCOC(=O)c1ccc(N(c2sc3ccc(Cl)cc3c2C)S(=O)O)c(S(C)(=O)=O)c1. The predicted molar refractivity (Wildman–Crippen MR) is 120 cm³/mol. The second-order valence-corrected chi connectivity index (χ2v) is 10.7. The fourth-order valence-corrected chi connectivity index (χ4v) is 6.09. The van der Waals surface area contributed by atoms with Gasteiger partial charge in [0.2, 0.25) is 0 Å². The van der Waals surface area contributed by atoms with Crippen molar-refractivity contribution in [1.29, 1.82) is 0 Å². The minimum Gasteiger partial charge on any atom is -0.462 e. The first-order valence-corrected chi connectivity index (χ1v) is 12.8. The Kier molecular flexibility index (Phi) is 6.54. The van der Waals surface area contributed by atoms with Gasteiger partial charge < -0.3 is 4.74 Å². The second-order valence-electron chi connectivity index (χ2n) is 6.37. The number of benzene rings is 2. The number of sulfone groups is 1.